The molecule has 6 heteroatoms. The number of hydrogen-bond acceptors (Lipinski definition) is 6. The van der Waals surface area contributed by atoms with E-state index in [4.69, 9.17) is 18.9 Å². The van der Waals surface area contributed by atoms with Gasteiger partial charge in [-0.25, -0.2) is 9.59 Å². The molecule has 3 aromatic carbocycles. The minimum atomic E-state index is -0.516. The van der Waals surface area contributed by atoms with Gasteiger partial charge in [0, 0.05) is 12.1 Å². The van der Waals surface area contributed by atoms with Gasteiger partial charge in [-0.3, -0.25) is 0 Å². The fraction of sp³-hybridized carbons (Fsp3) is 0.444. The first-order valence-electron chi connectivity index (χ1n) is 15.6. The van der Waals surface area contributed by atoms with Crippen molar-refractivity contribution in [3.05, 3.63) is 83.9 Å². The molecule has 0 heterocycles. The second-order valence-corrected chi connectivity index (χ2v) is 10.5. The van der Waals surface area contributed by atoms with E-state index in [1.165, 1.54) is 51.4 Å². The van der Waals surface area contributed by atoms with Crippen LogP contribution in [0, 0.1) is 0 Å². The lowest BCUT2D eigenvalue weighted by atomic mass is 10.1. The van der Waals surface area contributed by atoms with Gasteiger partial charge >= 0.3 is 11.9 Å². The van der Waals surface area contributed by atoms with Crippen molar-refractivity contribution in [2.45, 2.75) is 90.9 Å². The molecular weight excluding hydrogens is 528 g/mol. The predicted molar refractivity (Wildman–Crippen MR) is 167 cm³/mol. The lowest BCUT2D eigenvalue weighted by molar-refractivity contribution is 0.0720. The zero-order valence-electron chi connectivity index (χ0n) is 25.3. The van der Waals surface area contributed by atoms with Crippen LogP contribution in [0.15, 0.2) is 72.8 Å². The van der Waals surface area contributed by atoms with Crippen molar-refractivity contribution in [3.8, 4) is 23.0 Å². The molecule has 0 atom stereocenters. The Bertz CT molecular complexity index is 1110. The first-order chi connectivity index (χ1) is 20.6. The third-order valence-electron chi connectivity index (χ3n) is 6.92. The van der Waals surface area contributed by atoms with E-state index in [0.717, 1.165) is 25.7 Å². The normalized spacial score (nSPS) is 10.7. The first-order valence-corrected chi connectivity index (χ1v) is 15.6. The van der Waals surface area contributed by atoms with Crippen LogP contribution in [0.3, 0.4) is 0 Å². The highest BCUT2D eigenvalue weighted by atomic mass is 16.5. The Hall–Kier alpha value is -3.80. The van der Waals surface area contributed by atoms with Gasteiger partial charge in [-0.2, -0.15) is 0 Å². The van der Waals surface area contributed by atoms with Gasteiger partial charge < -0.3 is 18.9 Å². The smallest absolute Gasteiger partial charge is 0.343 e. The van der Waals surface area contributed by atoms with E-state index in [2.05, 4.69) is 13.8 Å². The summed E-state index contributed by atoms with van der Waals surface area (Å²) in [5.41, 5.74) is 0.657. The molecule has 0 amide bonds. The molecule has 3 rings (SSSR count). The van der Waals surface area contributed by atoms with Gasteiger partial charge in [0.2, 0.25) is 0 Å². The largest absolute Gasteiger partial charge is 0.493 e. The van der Waals surface area contributed by atoms with Crippen molar-refractivity contribution in [1.29, 1.82) is 0 Å². The molecule has 0 spiro atoms. The van der Waals surface area contributed by atoms with Crippen molar-refractivity contribution in [2.75, 3.05) is 13.2 Å². The molecule has 0 radical (unpaired) electrons. The molecule has 6 nitrogen and oxygen atoms in total. The average molecular weight is 575 g/mol. The van der Waals surface area contributed by atoms with E-state index < -0.39 is 11.9 Å². The monoisotopic (exact) mass is 574 g/mol. The number of esters is 2. The zero-order valence-corrected chi connectivity index (χ0v) is 25.3. The number of benzene rings is 3. The number of rotatable bonds is 20. The fourth-order valence-electron chi connectivity index (χ4n) is 4.47. The minimum Gasteiger partial charge on any atom is -0.493 e. The lowest BCUT2D eigenvalue weighted by Crippen LogP contribution is -2.11. The van der Waals surface area contributed by atoms with Crippen LogP contribution in [-0.4, -0.2) is 25.2 Å². The SMILES string of the molecule is CCCCCCCCOc1cccc(OC(=O)c2ccc(C(=O)Oc3cccc(OCCCCCCCC)c3)cc2)c1. The summed E-state index contributed by atoms with van der Waals surface area (Å²) in [5.74, 6) is 1.12. The van der Waals surface area contributed by atoms with Crippen LogP contribution in [0.4, 0.5) is 0 Å². The highest BCUT2D eigenvalue weighted by Crippen LogP contribution is 2.23. The Labute approximate surface area is 251 Å². The van der Waals surface area contributed by atoms with E-state index in [9.17, 15) is 9.59 Å². The number of carbonyl (C=O) groups excluding carboxylic acids is 2. The Morgan fingerprint density at radius 3 is 1.24 bits per heavy atom. The molecule has 3 aromatic rings. The number of unbranched alkanes of at least 4 members (excludes halogenated alkanes) is 10. The number of carbonyl (C=O) groups is 2. The summed E-state index contributed by atoms with van der Waals surface area (Å²) >= 11 is 0. The van der Waals surface area contributed by atoms with E-state index in [1.807, 2.05) is 12.1 Å². The van der Waals surface area contributed by atoms with Crippen molar-refractivity contribution in [2.24, 2.45) is 0 Å². The second kappa shape index (κ2) is 19.3. The molecule has 226 valence electrons. The van der Waals surface area contributed by atoms with Crippen molar-refractivity contribution < 1.29 is 28.5 Å². The molecule has 0 aliphatic rings. The Kier molecular flexibility index (Phi) is 15.1. The Morgan fingerprint density at radius 2 is 0.833 bits per heavy atom. The summed E-state index contributed by atoms with van der Waals surface area (Å²) in [6, 6.07) is 20.4. The van der Waals surface area contributed by atoms with Gasteiger partial charge in [0.05, 0.1) is 24.3 Å². The molecule has 0 aliphatic carbocycles. The van der Waals surface area contributed by atoms with Gasteiger partial charge in [0.15, 0.2) is 0 Å². The topological polar surface area (TPSA) is 71.1 Å². The van der Waals surface area contributed by atoms with E-state index in [1.54, 1.807) is 60.7 Å². The maximum Gasteiger partial charge on any atom is 0.343 e. The molecule has 0 aliphatic heterocycles. The molecule has 0 saturated heterocycles. The van der Waals surface area contributed by atoms with E-state index >= 15 is 0 Å². The zero-order chi connectivity index (χ0) is 29.8. The third kappa shape index (κ3) is 12.4. The van der Waals surface area contributed by atoms with Gasteiger partial charge in [-0.05, 0) is 61.4 Å². The highest BCUT2D eigenvalue weighted by Gasteiger charge is 2.13. The predicted octanol–water partition coefficient (Wildman–Crippen LogP) is 9.60. The average Bonchev–Trinajstić information content (AvgIpc) is 3.00. The molecule has 0 fully saturated rings. The van der Waals surface area contributed by atoms with Gasteiger partial charge in [-0.15, -0.1) is 0 Å². The van der Waals surface area contributed by atoms with Crippen LogP contribution < -0.4 is 18.9 Å². The summed E-state index contributed by atoms with van der Waals surface area (Å²) in [7, 11) is 0. The standard InChI is InChI=1S/C36H46O6/c1-3-5-7-9-11-13-25-39-31-17-15-19-33(27-31)41-35(37)29-21-23-30(24-22-29)36(38)42-34-20-16-18-32(28-34)40-26-14-12-10-8-6-4-2/h15-24,27-28H,3-14,25-26H2,1-2H3. The summed E-state index contributed by atoms with van der Waals surface area (Å²) in [5, 5.41) is 0. The van der Waals surface area contributed by atoms with Crippen LogP contribution in [0.25, 0.3) is 0 Å². The van der Waals surface area contributed by atoms with Crippen LogP contribution in [-0.2, 0) is 0 Å². The molecule has 0 N–H and O–H groups in total. The van der Waals surface area contributed by atoms with Gasteiger partial charge in [0.1, 0.15) is 23.0 Å². The Balaban J connectivity index is 1.43. The summed E-state index contributed by atoms with van der Waals surface area (Å²) < 4.78 is 22.7. The van der Waals surface area contributed by atoms with Crippen LogP contribution in [0.5, 0.6) is 23.0 Å². The highest BCUT2D eigenvalue weighted by molar-refractivity contribution is 5.94. The maximum absolute atomic E-state index is 12.7. The van der Waals surface area contributed by atoms with Crippen molar-refractivity contribution in [1.82, 2.24) is 0 Å². The Morgan fingerprint density at radius 1 is 0.476 bits per heavy atom. The summed E-state index contributed by atoms with van der Waals surface area (Å²) in [6.07, 6.45) is 14.3. The van der Waals surface area contributed by atoms with Gasteiger partial charge in [-0.1, -0.05) is 90.2 Å². The number of ether oxygens (including phenoxy) is 4. The molecule has 0 bridgehead atoms. The first kappa shape index (κ1) is 32.7. The summed E-state index contributed by atoms with van der Waals surface area (Å²) in [4.78, 5) is 25.4. The summed E-state index contributed by atoms with van der Waals surface area (Å²) in [6.45, 7) is 5.70. The molecular formula is C36H46O6. The van der Waals surface area contributed by atoms with Crippen LogP contribution in [0.2, 0.25) is 0 Å². The van der Waals surface area contributed by atoms with Crippen LogP contribution >= 0.6 is 0 Å². The molecule has 0 unspecified atom stereocenters. The van der Waals surface area contributed by atoms with E-state index in [0.29, 0.717) is 47.3 Å². The van der Waals surface area contributed by atoms with Crippen molar-refractivity contribution in [3.63, 3.8) is 0 Å². The second-order valence-electron chi connectivity index (χ2n) is 10.5. The van der Waals surface area contributed by atoms with Gasteiger partial charge in [0.25, 0.3) is 0 Å². The van der Waals surface area contributed by atoms with Crippen LogP contribution in [0.1, 0.15) is 112 Å². The van der Waals surface area contributed by atoms with Crippen molar-refractivity contribution >= 4 is 11.9 Å². The molecule has 0 aromatic heterocycles. The quantitative estimate of drug-likeness (QED) is 0.0760. The maximum atomic E-state index is 12.7. The third-order valence-corrected chi connectivity index (χ3v) is 6.92. The minimum absolute atomic E-state index is 0.329. The number of hydrogen-bond donors (Lipinski definition) is 0. The molecule has 0 saturated carbocycles. The lowest BCUT2D eigenvalue weighted by Gasteiger charge is -2.10. The molecule has 42 heavy (non-hydrogen) atoms. The fourth-order valence-corrected chi connectivity index (χ4v) is 4.47. The van der Waals surface area contributed by atoms with E-state index in [-0.39, 0.29) is 0 Å².